The first-order valence-corrected chi connectivity index (χ1v) is 5.42. The normalized spacial score (nSPS) is 12.5. The van der Waals surface area contributed by atoms with E-state index in [2.05, 4.69) is 18.8 Å². The Labute approximate surface area is 95.8 Å². The summed E-state index contributed by atoms with van der Waals surface area (Å²) in [5.74, 6) is 0.0372. The van der Waals surface area contributed by atoms with Gasteiger partial charge in [0.25, 0.3) is 0 Å². The number of esters is 1. The highest BCUT2D eigenvalue weighted by atomic mass is 16.5. The average molecular weight is 222 g/mol. The molecular weight excluding hydrogens is 204 g/mol. The highest BCUT2D eigenvalue weighted by molar-refractivity contribution is 5.92. The summed E-state index contributed by atoms with van der Waals surface area (Å²) in [6.07, 6.45) is 2.24. The maximum absolute atomic E-state index is 11.7. The molecule has 0 saturated carbocycles. The van der Waals surface area contributed by atoms with E-state index < -0.39 is 5.97 Å². The number of rotatable bonds is 4. The average Bonchev–Trinajstić information content (AvgIpc) is 2.16. The molecule has 0 aliphatic heterocycles. The van der Waals surface area contributed by atoms with E-state index in [9.17, 15) is 4.79 Å². The molecule has 0 fully saturated rings. The second-order valence-electron chi connectivity index (χ2n) is 4.29. The molecule has 4 nitrogen and oxygen atoms in total. The first kappa shape index (κ1) is 12.5. The van der Waals surface area contributed by atoms with Crippen molar-refractivity contribution in [3.8, 4) is 0 Å². The number of nitrogen functional groups attached to an aromatic ring is 1. The number of carbonyl (C=O) groups excluding carboxylic acids is 1. The summed E-state index contributed by atoms with van der Waals surface area (Å²) in [5.41, 5.74) is 6.18. The smallest absolute Gasteiger partial charge is 0.359 e. The maximum Gasteiger partial charge on any atom is 0.359 e. The summed E-state index contributed by atoms with van der Waals surface area (Å²) in [6.45, 7) is 6.04. The van der Waals surface area contributed by atoms with Crippen LogP contribution in [0.1, 0.15) is 37.7 Å². The third-order valence-electron chi connectivity index (χ3n) is 2.14. The van der Waals surface area contributed by atoms with Crippen LogP contribution in [-0.2, 0) is 4.74 Å². The molecule has 0 spiro atoms. The number of nitrogens with zero attached hydrogens (tertiary/aromatic N) is 1. The monoisotopic (exact) mass is 222 g/mol. The third-order valence-corrected chi connectivity index (χ3v) is 2.14. The van der Waals surface area contributed by atoms with Crippen LogP contribution in [0.15, 0.2) is 18.3 Å². The molecule has 0 aromatic carbocycles. The first-order valence-electron chi connectivity index (χ1n) is 5.42. The molecule has 0 bridgehead atoms. The molecule has 0 saturated heterocycles. The standard InChI is InChI=1S/C12H18N2O2/c1-8(2)7-9(3)16-12(15)11-10(13)5-4-6-14-11/h4-6,8-9H,7,13H2,1-3H3. The number of carbonyl (C=O) groups is 1. The van der Waals surface area contributed by atoms with Gasteiger partial charge in [0.1, 0.15) is 0 Å². The second kappa shape index (κ2) is 5.49. The van der Waals surface area contributed by atoms with E-state index in [1.165, 1.54) is 6.20 Å². The Morgan fingerprint density at radius 3 is 2.75 bits per heavy atom. The van der Waals surface area contributed by atoms with Crippen molar-refractivity contribution in [1.82, 2.24) is 4.98 Å². The van der Waals surface area contributed by atoms with Gasteiger partial charge < -0.3 is 10.5 Å². The van der Waals surface area contributed by atoms with Gasteiger partial charge >= 0.3 is 5.97 Å². The molecule has 1 unspecified atom stereocenters. The van der Waals surface area contributed by atoms with Crippen molar-refractivity contribution in [3.63, 3.8) is 0 Å². The van der Waals surface area contributed by atoms with E-state index >= 15 is 0 Å². The highest BCUT2D eigenvalue weighted by Gasteiger charge is 2.16. The van der Waals surface area contributed by atoms with Crippen molar-refractivity contribution in [2.24, 2.45) is 5.92 Å². The van der Waals surface area contributed by atoms with Crippen LogP contribution >= 0.6 is 0 Å². The minimum absolute atomic E-state index is 0.117. The van der Waals surface area contributed by atoms with E-state index in [-0.39, 0.29) is 11.8 Å². The van der Waals surface area contributed by atoms with Crippen LogP contribution in [-0.4, -0.2) is 17.1 Å². The van der Waals surface area contributed by atoms with E-state index in [1.54, 1.807) is 12.1 Å². The quantitative estimate of drug-likeness (QED) is 0.793. The summed E-state index contributed by atoms with van der Waals surface area (Å²) in [7, 11) is 0. The van der Waals surface area contributed by atoms with Crippen molar-refractivity contribution >= 4 is 11.7 Å². The Morgan fingerprint density at radius 2 is 2.19 bits per heavy atom. The fourth-order valence-corrected chi connectivity index (χ4v) is 1.54. The summed E-state index contributed by atoms with van der Waals surface area (Å²) < 4.78 is 5.25. The second-order valence-corrected chi connectivity index (χ2v) is 4.29. The van der Waals surface area contributed by atoms with Gasteiger partial charge in [-0.15, -0.1) is 0 Å². The minimum Gasteiger partial charge on any atom is -0.458 e. The molecule has 0 radical (unpaired) electrons. The Hall–Kier alpha value is -1.58. The summed E-state index contributed by atoms with van der Waals surface area (Å²) >= 11 is 0. The van der Waals surface area contributed by atoms with E-state index in [0.717, 1.165) is 6.42 Å². The molecule has 1 aromatic heterocycles. The van der Waals surface area contributed by atoms with Crippen LogP contribution in [0.2, 0.25) is 0 Å². The fourth-order valence-electron chi connectivity index (χ4n) is 1.54. The van der Waals surface area contributed by atoms with Gasteiger partial charge in [-0.3, -0.25) is 0 Å². The molecular formula is C12H18N2O2. The van der Waals surface area contributed by atoms with Crippen LogP contribution in [0.25, 0.3) is 0 Å². The zero-order valence-electron chi connectivity index (χ0n) is 9.93. The molecule has 2 N–H and O–H groups in total. The molecule has 1 aromatic rings. The molecule has 0 aliphatic rings. The lowest BCUT2D eigenvalue weighted by molar-refractivity contribution is 0.0294. The lowest BCUT2D eigenvalue weighted by atomic mass is 10.1. The van der Waals surface area contributed by atoms with Crippen molar-refractivity contribution in [2.75, 3.05) is 5.73 Å². The lowest BCUT2D eigenvalue weighted by Gasteiger charge is -2.15. The number of hydrogen-bond donors (Lipinski definition) is 1. The van der Waals surface area contributed by atoms with Crippen LogP contribution < -0.4 is 5.73 Å². The Morgan fingerprint density at radius 1 is 1.50 bits per heavy atom. The van der Waals surface area contributed by atoms with Gasteiger partial charge in [-0.1, -0.05) is 13.8 Å². The Kier molecular flexibility index (Phi) is 4.28. The summed E-state index contributed by atoms with van der Waals surface area (Å²) in [4.78, 5) is 15.6. The van der Waals surface area contributed by atoms with Gasteiger partial charge in [-0.2, -0.15) is 0 Å². The molecule has 88 valence electrons. The van der Waals surface area contributed by atoms with Crippen molar-refractivity contribution in [3.05, 3.63) is 24.0 Å². The number of nitrogens with two attached hydrogens (primary N) is 1. The van der Waals surface area contributed by atoms with Gasteiger partial charge in [0.2, 0.25) is 0 Å². The largest absolute Gasteiger partial charge is 0.458 e. The minimum atomic E-state index is -0.453. The van der Waals surface area contributed by atoms with Gasteiger partial charge in [0.05, 0.1) is 11.8 Å². The molecule has 16 heavy (non-hydrogen) atoms. The van der Waals surface area contributed by atoms with Crippen LogP contribution in [0, 0.1) is 5.92 Å². The first-order chi connectivity index (χ1) is 7.50. The van der Waals surface area contributed by atoms with Gasteiger partial charge in [-0.05, 0) is 31.4 Å². The zero-order valence-corrected chi connectivity index (χ0v) is 9.93. The van der Waals surface area contributed by atoms with E-state index in [4.69, 9.17) is 10.5 Å². The maximum atomic E-state index is 11.7. The molecule has 1 atom stereocenters. The molecule has 1 rings (SSSR count). The molecule has 4 heteroatoms. The van der Waals surface area contributed by atoms with Crippen molar-refractivity contribution < 1.29 is 9.53 Å². The van der Waals surface area contributed by atoms with E-state index in [1.807, 2.05) is 6.92 Å². The predicted molar refractivity (Wildman–Crippen MR) is 63.0 cm³/mol. The Bertz CT molecular complexity index is 364. The summed E-state index contributed by atoms with van der Waals surface area (Å²) in [5, 5.41) is 0. The predicted octanol–water partition coefficient (Wildman–Crippen LogP) is 2.26. The van der Waals surface area contributed by atoms with Crippen LogP contribution in [0.5, 0.6) is 0 Å². The van der Waals surface area contributed by atoms with Crippen molar-refractivity contribution in [1.29, 1.82) is 0 Å². The number of aromatic nitrogens is 1. The third kappa shape index (κ3) is 3.53. The van der Waals surface area contributed by atoms with Gasteiger partial charge in [0, 0.05) is 6.20 Å². The van der Waals surface area contributed by atoms with Crippen LogP contribution in [0.4, 0.5) is 5.69 Å². The number of pyridine rings is 1. The summed E-state index contributed by atoms with van der Waals surface area (Å²) in [6, 6.07) is 3.32. The lowest BCUT2D eigenvalue weighted by Crippen LogP contribution is -2.18. The zero-order chi connectivity index (χ0) is 12.1. The van der Waals surface area contributed by atoms with Gasteiger partial charge in [0.15, 0.2) is 5.69 Å². The number of hydrogen-bond acceptors (Lipinski definition) is 4. The number of ether oxygens (including phenoxy) is 1. The molecule has 0 aliphatic carbocycles. The highest BCUT2D eigenvalue weighted by Crippen LogP contribution is 2.13. The van der Waals surface area contributed by atoms with Crippen LogP contribution in [0.3, 0.4) is 0 Å². The Balaban J connectivity index is 2.63. The van der Waals surface area contributed by atoms with Crippen molar-refractivity contribution in [2.45, 2.75) is 33.3 Å². The fraction of sp³-hybridized carbons (Fsp3) is 0.500. The van der Waals surface area contributed by atoms with Gasteiger partial charge in [-0.25, -0.2) is 9.78 Å². The SMILES string of the molecule is CC(C)CC(C)OC(=O)c1ncccc1N. The number of anilines is 1. The molecule has 0 amide bonds. The van der Waals surface area contributed by atoms with E-state index in [0.29, 0.717) is 11.6 Å². The molecule has 1 heterocycles. The topological polar surface area (TPSA) is 65.2 Å².